The number of urea groups is 1. The van der Waals surface area contributed by atoms with Crippen LogP contribution in [0.5, 0.6) is 11.5 Å². The van der Waals surface area contributed by atoms with Gasteiger partial charge in [0.1, 0.15) is 30.8 Å². The van der Waals surface area contributed by atoms with Crippen LogP contribution in [0.2, 0.25) is 0 Å². The topological polar surface area (TPSA) is 122 Å². The summed E-state index contributed by atoms with van der Waals surface area (Å²) in [6.45, 7) is 16.2. The van der Waals surface area contributed by atoms with Crippen LogP contribution in [-0.2, 0) is 9.57 Å². The van der Waals surface area contributed by atoms with Crippen LogP contribution in [0.15, 0.2) is 60.3 Å². The number of hydrogen-bond acceptors (Lipinski definition) is 8. The van der Waals surface area contributed by atoms with Crippen molar-refractivity contribution in [3.63, 3.8) is 0 Å². The van der Waals surface area contributed by atoms with Crippen LogP contribution in [0.3, 0.4) is 0 Å². The number of oxime groups is 1. The number of carbonyl (C=O) groups is 1. The van der Waals surface area contributed by atoms with Gasteiger partial charge in [0, 0.05) is 44.2 Å². The molecule has 1 aromatic rings. The predicted molar refractivity (Wildman–Crippen MR) is 193 cm³/mol. The van der Waals surface area contributed by atoms with E-state index in [0.29, 0.717) is 44.9 Å². The molecule has 0 bridgehead atoms. The van der Waals surface area contributed by atoms with Gasteiger partial charge in [-0.3, -0.25) is 0 Å². The lowest BCUT2D eigenvalue weighted by atomic mass is 9.55. The first-order valence-corrected chi connectivity index (χ1v) is 18.4. The van der Waals surface area contributed by atoms with E-state index in [-0.39, 0.29) is 49.5 Å². The Morgan fingerprint density at radius 2 is 1.84 bits per heavy atom. The summed E-state index contributed by atoms with van der Waals surface area (Å²) in [7, 11) is 0. The molecule has 10 heteroatoms. The first kappa shape index (κ1) is 38.5. The summed E-state index contributed by atoms with van der Waals surface area (Å²) in [6, 6.07) is 5.29. The zero-order chi connectivity index (χ0) is 35.2. The molecule has 2 aliphatic carbocycles. The van der Waals surface area contributed by atoms with Crippen molar-refractivity contribution in [1.82, 2.24) is 10.2 Å². The van der Waals surface area contributed by atoms with Gasteiger partial charge >= 0.3 is 6.03 Å². The highest BCUT2D eigenvalue weighted by Gasteiger charge is 2.65. The van der Waals surface area contributed by atoms with Crippen molar-refractivity contribution in [3.8, 4) is 11.5 Å². The molecule has 0 unspecified atom stereocenters. The highest BCUT2D eigenvalue weighted by molar-refractivity contribution is 6.03. The number of hydrogen-bond donors (Lipinski definition) is 3. The van der Waals surface area contributed by atoms with Crippen LogP contribution in [0.1, 0.15) is 90.0 Å². The van der Waals surface area contributed by atoms with Crippen molar-refractivity contribution in [2.45, 2.75) is 96.3 Å². The number of ether oxygens (including phenoxy) is 3. The summed E-state index contributed by atoms with van der Waals surface area (Å²) in [5.41, 5.74) is 2.86. The molecule has 4 rings (SSSR count). The van der Waals surface area contributed by atoms with E-state index in [1.165, 1.54) is 0 Å². The highest BCUT2D eigenvalue weighted by atomic mass is 16.7. The van der Waals surface area contributed by atoms with Gasteiger partial charge in [-0.25, -0.2) is 4.79 Å². The van der Waals surface area contributed by atoms with Crippen LogP contribution in [0.4, 0.5) is 4.79 Å². The van der Waals surface area contributed by atoms with Gasteiger partial charge in [0.05, 0.1) is 18.2 Å². The van der Waals surface area contributed by atoms with Crippen molar-refractivity contribution in [3.05, 3.63) is 60.7 Å². The first-order valence-electron chi connectivity index (χ1n) is 18.4. The molecule has 1 aliphatic heterocycles. The molecule has 49 heavy (non-hydrogen) atoms. The van der Waals surface area contributed by atoms with E-state index in [1.807, 2.05) is 30.9 Å². The van der Waals surface area contributed by atoms with E-state index in [9.17, 15) is 15.0 Å². The number of rotatable bonds is 21. The summed E-state index contributed by atoms with van der Waals surface area (Å²) in [4.78, 5) is 21.7. The molecule has 1 aromatic carbocycles. The van der Waals surface area contributed by atoms with Crippen LogP contribution in [-0.4, -0.2) is 84.8 Å². The second kappa shape index (κ2) is 19.2. The quantitative estimate of drug-likeness (QED) is 0.0747. The molecular weight excluding hydrogens is 622 g/mol. The van der Waals surface area contributed by atoms with E-state index in [0.717, 1.165) is 67.5 Å². The van der Waals surface area contributed by atoms with Crippen molar-refractivity contribution >= 4 is 11.7 Å². The summed E-state index contributed by atoms with van der Waals surface area (Å²) < 4.78 is 20.2. The zero-order valence-corrected chi connectivity index (χ0v) is 29.9. The Labute approximate surface area is 293 Å². The van der Waals surface area contributed by atoms with Gasteiger partial charge in [0.25, 0.3) is 0 Å². The molecule has 2 amide bonds. The number of allylic oxidation sites excluding steroid dienone is 1. The fourth-order valence-electron chi connectivity index (χ4n) is 8.01. The molecule has 1 saturated carbocycles. The van der Waals surface area contributed by atoms with Gasteiger partial charge in [0.15, 0.2) is 0 Å². The highest BCUT2D eigenvalue weighted by Crippen LogP contribution is 2.61. The van der Waals surface area contributed by atoms with Gasteiger partial charge in [-0.2, -0.15) is 0 Å². The summed E-state index contributed by atoms with van der Waals surface area (Å²) >= 11 is 0. The van der Waals surface area contributed by atoms with Gasteiger partial charge in [-0.15, -0.1) is 6.58 Å². The molecule has 0 aromatic heterocycles. The molecule has 272 valence electrons. The van der Waals surface area contributed by atoms with Crippen LogP contribution < -0.4 is 14.8 Å². The lowest BCUT2D eigenvalue weighted by Crippen LogP contribution is -2.70. The van der Waals surface area contributed by atoms with Crippen molar-refractivity contribution in [2.75, 3.05) is 46.1 Å². The van der Waals surface area contributed by atoms with Crippen molar-refractivity contribution < 1.29 is 34.1 Å². The standard InChI is InChI=1S/C39H59N3O7/c1-6-19-40-38(45)42(20-7-2)35-27-33(41-48-10-5)31-25-28(15-11-13-21-43)30(16-12-14-22-44)36-32-26-29(46-23-8-3)17-18-34(32)49-39(35,37(31)36)47-24-9-4/h8-9,17-18,25-26,28,30,35-37,43-44H,3-4,6-7,10-16,19-24,27H2,1-2,5H3,(H,40,45)/t28-,30+,35-,36+,37+,39+/m0/s1. The Kier molecular flexibility index (Phi) is 15.0. The third-order valence-corrected chi connectivity index (χ3v) is 9.94. The fourth-order valence-corrected chi connectivity index (χ4v) is 8.01. The van der Waals surface area contributed by atoms with E-state index >= 15 is 0 Å². The average Bonchev–Trinajstić information content (AvgIpc) is 3.11. The molecule has 3 aliphatic rings. The average molecular weight is 682 g/mol. The SMILES string of the molecule is C=CCOc1ccc2c(c1)[C@H]1[C@H](CCCCO)[C@@H](CCCCO)C=C3C(=NOCC)C[C@H](N(CCC)C(=O)NCCC)[C@@](OCC=C)(O2)[C@H]31. The molecule has 1 heterocycles. The second-order valence-electron chi connectivity index (χ2n) is 13.2. The Bertz CT molecular complexity index is 1300. The van der Waals surface area contributed by atoms with Crippen LogP contribution in [0.25, 0.3) is 0 Å². The minimum absolute atomic E-state index is 0.0875. The number of nitrogens with zero attached hydrogens (tertiary/aromatic N) is 2. The van der Waals surface area contributed by atoms with Crippen molar-refractivity contribution in [2.24, 2.45) is 22.9 Å². The minimum atomic E-state index is -1.25. The predicted octanol–water partition coefficient (Wildman–Crippen LogP) is 6.74. The van der Waals surface area contributed by atoms with Gasteiger partial charge < -0.3 is 39.5 Å². The fraction of sp³-hybridized carbons (Fsp3) is 0.641. The van der Waals surface area contributed by atoms with Gasteiger partial charge in [-0.05, 0) is 81.1 Å². The number of benzene rings is 1. The van der Waals surface area contributed by atoms with E-state index in [4.69, 9.17) is 24.2 Å². The lowest BCUT2D eigenvalue weighted by molar-refractivity contribution is -0.254. The summed E-state index contributed by atoms with van der Waals surface area (Å²) in [5.74, 6) is 0.0880. The zero-order valence-electron chi connectivity index (χ0n) is 29.9. The molecule has 0 radical (unpaired) electrons. The Morgan fingerprint density at radius 1 is 1.08 bits per heavy atom. The van der Waals surface area contributed by atoms with E-state index in [1.54, 1.807) is 12.2 Å². The third-order valence-electron chi connectivity index (χ3n) is 9.94. The monoisotopic (exact) mass is 681 g/mol. The number of amides is 2. The Morgan fingerprint density at radius 3 is 2.51 bits per heavy atom. The number of nitrogens with one attached hydrogen (secondary N) is 1. The maximum absolute atomic E-state index is 14.0. The molecule has 1 fully saturated rings. The van der Waals surface area contributed by atoms with Crippen LogP contribution in [0, 0.1) is 17.8 Å². The molecular formula is C39H59N3O7. The van der Waals surface area contributed by atoms with Crippen LogP contribution >= 0.6 is 0 Å². The summed E-state index contributed by atoms with van der Waals surface area (Å²) in [6.07, 6.45) is 12.7. The van der Waals surface area contributed by atoms with Gasteiger partial charge in [-0.1, -0.05) is 56.7 Å². The first-order chi connectivity index (χ1) is 23.9. The lowest BCUT2D eigenvalue weighted by Gasteiger charge is -2.60. The number of aliphatic hydroxyl groups excluding tert-OH is 2. The summed E-state index contributed by atoms with van der Waals surface area (Å²) in [5, 5.41) is 27.4. The van der Waals surface area contributed by atoms with Crippen molar-refractivity contribution in [1.29, 1.82) is 0 Å². The maximum atomic E-state index is 14.0. The van der Waals surface area contributed by atoms with E-state index in [2.05, 4.69) is 37.5 Å². The maximum Gasteiger partial charge on any atom is 0.317 e. The Balaban J connectivity index is 2.03. The van der Waals surface area contributed by atoms with E-state index < -0.39 is 11.8 Å². The molecule has 0 spiro atoms. The molecule has 3 N–H and O–H groups in total. The molecule has 0 saturated heterocycles. The number of fused-ring (bicyclic) bond motifs is 2. The largest absolute Gasteiger partial charge is 0.490 e. The normalized spacial score (nSPS) is 26.1. The number of carbonyl (C=O) groups excluding carboxylic acids is 1. The second-order valence-corrected chi connectivity index (χ2v) is 13.2. The number of unbranched alkanes of at least 4 members (excludes halogenated alkanes) is 2. The molecule has 10 nitrogen and oxygen atoms in total. The van der Waals surface area contributed by atoms with Gasteiger partial charge in [0.2, 0.25) is 5.79 Å². The molecule has 6 atom stereocenters. The number of aliphatic hydroxyl groups is 2. The minimum Gasteiger partial charge on any atom is -0.490 e. The third kappa shape index (κ3) is 8.70. The Hall–Kier alpha value is -3.34. The smallest absolute Gasteiger partial charge is 0.317 e.